The minimum Gasteiger partial charge on any atom is -0.380 e. The number of hydrazine groups is 1. The molecule has 0 spiro atoms. The summed E-state index contributed by atoms with van der Waals surface area (Å²) < 4.78 is 27.2. The van der Waals surface area contributed by atoms with E-state index in [0.29, 0.717) is 6.61 Å². The Balaban J connectivity index is 4.66. The first-order valence-electron chi connectivity index (χ1n) is 4.50. The summed E-state index contributed by atoms with van der Waals surface area (Å²) >= 11 is 0. The maximum atomic E-state index is 11.5. The molecular formula is C8H20N2O3S. The lowest BCUT2D eigenvalue weighted by atomic mass is 10.1. The second kappa shape index (κ2) is 5.06. The molecule has 0 heterocycles. The highest BCUT2D eigenvalue weighted by atomic mass is 32.2. The number of hydrogen-bond acceptors (Lipinski definition) is 5. The summed E-state index contributed by atoms with van der Waals surface area (Å²) in [4.78, 5) is 0. The first-order chi connectivity index (χ1) is 6.27. The van der Waals surface area contributed by atoms with Gasteiger partial charge in [-0.1, -0.05) is 0 Å². The van der Waals surface area contributed by atoms with Crippen LogP contribution in [0.2, 0.25) is 0 Å². The van der Waals surface area contributed by atoms with Gasteiger partial charge in [-0.15, -0.1) is 0 Å². The van der Waals surface area contributed by atoms with Gasteiger partial charge in [0.15, 0.2) is 9.84 Å². The highest BCUT2D eigenvalue weighted by Crippen LogP contribution is 2.19. The summed E-state index contributed by atoms with van der Waals surface area (Å²) in [7, 11) is -3.17. The Hall–Kier alpha value is -0.170. The van der Waals surface area contributed by atoms with Gasteiger partial charge in [0.05, 0.1) is 17.4 Å². The maximum absolute atomic E-state index is 11.5. The van der Waals surface area contributed by atoms with E-state index >= 15 is 0 Å². The molecule has 0 saturated carbocycles. The molecule has 0 aliphatic rings. The molecule has 0 radical (unpaired) electrons. The van der Waals surface area contributed by atoms with Crippen LogP contribution >= 0.6 is 0 Å². The van der Waals surface area contributed by atoms with Crippen LogP contribution < -0.4 is 11.3 Å². The van der Waals surface area contributed by atoms with Crippen molar-refractivity contribution in [1.29, 1.82) is 0 Å². The molecule has 1 atom stereocenters. The third-order valence-electron chi connectivity index (χ3n) is 2.48. The predicted molar refractivity (Wildman–Crippen MR) is 56.5 cm³/mol. The Morgan fingerprint density at radius 1 is 1.50 bits per heavy atom. The topological polar surface area (TPSA) is 81.4 Å². The normalized spacial score (nSPS) is 15.5. The van der Waals surface area contributed by atoms with Crippen LogP contribution in [0.4, 0.5) is 0 Å². The second-order valence-corrected chi connectivity index (χ2v) is 6.35. The fourth-order valence-corrected chi connectivity index (χ4v) is 1.60. The number of rotatable bonds is 6. The minimum atomic E-state index is -3.17. The molecule has 0 rings (SSSR count). The van der Waals surface area contributed by atoms with Crippen LogP contribution in [-0.2, 0) is 14.6 Å². The van der Waals surface area contributed by atoms with Crippen molar-refractivity contribution in [3.8, 4) is 0 Å². The van der Waals surface area contributed by atoms with Crippen LogP contribution in [0.1, 0.15) is 20.8 Å². The van der Waals surface area contributed by atoms with Crippen LogP contribution in [0.3, 0.4) is 0 Å². The zero-order valence-electron chi connectivity index (χ0n) is 9.20. The SMILES string of the molecule is CCOCC(NN)C(C)(C)S(C)(=O)=O. The van der Waals surface area contributed by atoms with Gasteiger partial charge in [-0.05, 0) is 20.8 Å². The Bertz CT molecular complexity index is 262. The van der Waals surface area contributed by atoms with Crippen molar-refractivity contribution in [2.45, 2.75) is 31.6 Å². The lowest BCUT2D eigenvalue weighted by Crippen LogP contribution is -2.56. The lowest BCUT2D eigenvalue weighted by molar-refractivity contribution is 0.112. The molecule has 0 bridgehead atoms. The van der Waals surface area contributed by atoms with Crippen molar-refractivity contribution < 1.29 is 13.2 Å². The molecule has 3 N–H and O–H groups in total. The van der Waals surface area contributed by atoms with E-state index in [4.69, 9.17) is 10.6 Å². The van der Waals surface area contributed by atoms with E-state index in [1.807, 2.05) is 6.92 Å². The van der Waals surface area contributed by atoms with E-state index in [1.54, 1.807) is 13.8 Å². The van der Waals surface area contributed by atoms with E-state index in [2.05, 4.69) is 5.43 Å². The second-order valence-electron chi connectivity index (χ2n) is 3.75. The van der Waals surface area contributed by atoms with Crippen molar-refractivity contribution in [2.24, 2.45) is 5.84 Å². The fourth-order valence-electron chi connectivity index (χ4n) is 0.944. The summed E-state index contributed by atoms with van der Waals surface area (Å²) in [5, 5.41) is 0. The highest BCUT2D eigenvalue weighted by molar-refractivity contribution is 7.92. The molecule has 6 heteroatoms. The van der Waals surface area contributed by atoms with E-state index in [-0.39, 0.29) is 6.61 Å². The van der Waals surface area contributed by atoms with Crippen molar-refractivity contribution in [1.82, 2.24) is 5.43 Å². The molecular weight excluding hydrogens is 204 g/mol. The lowest BCUT2D eigenvalue weighted by Gasteiger charge is -2.31. The van der Waals surface area contributed by atoms with Gasteiger partial charge in [-0.25, -0.2) is 8.42 Å². The van der Waals surface area contributed by atoms with Gasteiger partial charge in [0, 0.05) is 12.9 Å². The molecule has 0 fully saturated rings. The largest absolute Gasteiger partial charge is 0.380 e. The third-order valence-corrected chi connectivity index (χ3v) is 4.68. The number of sulfone groups is 1. The van der Waals surface area contributed by atoms with Crippen LogP contribution in [-0.4, -0.2) is 38.7 Å². The third kappa shape index (κ3) is 3.20. The van der Waals surface area contributed by atoms with E-state index in [1.165, 1.54) is 6.26 Å². The maximum Gasteiger partial charge on any atom is 0.154 e. The molecule has 14 heavy (non-hydrogen) atoms. The van der Waals surface area contributed by atoms with Gasteiger partial charge in [0.1, 0.15) is 0 Å². The van der Waals surface area contributed by atoms with E-state index < -0.39 is 20.6 Å². The summed E-state index contributed by atoms with van der Waals surface area (Å²) in [6.45, 7) is 5.93. The van der Waals surface area contributed by atoms with Crippen LogP contribution in [0.5, 0.6) is 0 Å². The molecule has 1 unspecified atom stereocenters. The molecule has 0 aliphatic carbocycles. The van der Waals surface area contributed by atoms with Gasteiger partial charge >= 0.3 is 0 Å². The van der Waals surface area contributed by atoms with Gasteiger partial charge in [-0.2, -0.15) is 0 Å². The van der Waals surface area contributed by atoms with Gasteiger partial charge in [-0.3, -0.25) is 11.3 Å². The first kappa shape index (κ1) is 13.8. The monoisotopic (exact) mass is 224 g/mol. The van der Waals surface area contributed by atoms with Crippen LogP contribution in [0.25, 0.3) is 0 Å². The smallest absolute Gasteiger partial charge is 0.154 e. The van der Waals surface area contributed by atoms with Crippen molar-refractivity contribution in [3.63, 3.8) is 0 Å². The number of nitrogens with two attached hydrogens (primary N) is 1. The average molecular weight is 224 g/mol. The zero-order chi connectivity index (χ0) is 11.4. The van der Waals surface area contributed by atoms with Crippen molar-refractivity contribution >= 4 is 9.84 Å². The first-order valence-corrected chi connectivity index (χ1v) is 6.40. The Labute approximate surface area is 85.9 Å². The predicted octanol–water partition coefficient (Wildman–Crippen LogP) is -0.322. The van der Waals surface area contributed by atoms with Crippen LogP contribution in [0, 0.1) is 0 Å². The molecule has 5 nitrogen and oxygen atoms in total. The number of hydrogen-bond donors (Lipinski definition) is 2. The Morgan fingerprint density at radius 3 is 2.29 bits per heavy atom. The summed E-state index contributed by atoms with van der Waals surface area (Å²) in [6, 6.07) is -0.405. The quantitative estimate of drug-likeness (QED) is 0.477. The molecule has 86 valence electrons. The Kier molecular flexibility index (Phi) is 5.00. The molecule has 0 aromatic carbocycles. The average Bonchev–Trinajstić information content (AvgIpc) is 2.03. The van der Waals surface area contributed by atoms with Gasteiger partial charge < -0.3 is 4.74 Å². The summed E-state index contributed by atoms with van der Waals surface area (Å²) in [5.41, 5.74) is 2.48. The molecule has 0 aromatic heterocycles. The Morgan fingerprint density at radius 2 is 2.00 bits per heavy atom. The minimum absolute atomic E-state index is 0.285. The molecule has 0 aromatic rings. The fraction of sp³-hybridized carbons (Fsp3) is 1.00. The summed E-state index contributed by atoms with van der Waals surface area (Å²) in [5.74, 6) is 5.30. The molecule has 0 aliphatic heterocycles. The number of nitrogens with one attached hydrogen (secondary N) is 1. The van der Waals surface area contributed by atoms with E-state index in [9.17, 15) is 8.42 Å². The van der Waals surface area contributed by atoms with Crippen molar-refractivity contribution in [2.75, 3.05) is 19.5 Å². The molecule has 0 saturated heterocycles. The van der Waals surface area contributed by atoms with Gasteiger partial charge in [0.2, 0.25) is 0 Å². The van der Waals surface area contributed by atoms with Crippen LogP contribution in [0.15, 0.2) is 0 Å². The molecule has 0 amide bonds. The van der Waals surface area contributed by atoms with E-state index in [0.717, 1.165) is 0 Å². The zero-order valence-corrected chi connectivity index (χ0v) is 10.0. The van der Waals surface area contributed by atoms with Crippen molar-refractivity contribution in [3.05, 3.63) is 0 Å². The standard InChI is InChI=1S/C8H20N2O3S/c1-5-13-6-7(10-9)8(2,3)14(4,11)12/h7,10H,5-6,9H2,1-4H3. The van der Waals surface area contributed by atoms with Gasteiger partial charge in [0.25, 0.3) is 0 Å². The number of ether oxygens (including phenoxy) is 1. The highest BCUT2D eigenvalue weighted by Gasteiger charge is 2.38. The summed E-state index contributed by atoms with van der Waals surface area (Å²) in [6.07, 6.45) is 1.20.